The van der Waals surface area contributed by atoms with E-state index in [0.717, 1.165) is 28.1 Å². The Hall–Kier alpha value is -3.34. The lowest BCUT2D eigenvalue weighted by Crippen LogP contribution is -2.14. The summed E-state index contributed by atoms with van der Waals surface area (Å²) in [5, 5.41) is 5.80. The van der Waals surface area contributed by atoms with E-state index in [1.54, 1.807) is 19.3 Å². The van der Waals surface area contributed by atoms with Gasteiger partial charge in [-0.2, -0.15) is 0 Å². The smallest absolute Gasteiger partial charge is 0.274 e. The minimum absolute atomic E-state index is 0.244. The van der Waals surface area contributed by atoms with Crippen molar-refractivity contribution in [2.24, 2.45) is 0 Å². The average molecular weight is 318 g/mol. The van der Waals surface area contributed by atoms with Crippen LogP contribution in [-0.2, 0) is 0 Å². The molecule has 0 saturated heterocycles. The lowest BCUT2D eigenvalue weighted by Gasteiger charge is -2.07. The van der Waals surface area contributed by atoms with Crippen LogP contribution in [0.2, 0.25) is 0 Å². The number of aromatic nitrogens is 2. The molecule has 24 heavy (non-hydrogen) atoms. The summed E-state index contributed by atoms with van der Waals surface area (Å²) < 4.78 is 0. The molecule has 0 unspecified atom stereocenters. The molecular formula is C19H18N4O. The molecule has 1 amide bonds. The molecule has 2 aromatic heterocycles. The van der Waals surface area contributed by atoms with E-state index in [-0.39, 0.29) is 5.91 Å². The van der Waals surface area contributed by atoms with Gasteiger partial charge in [0.1, 0.15) is 5.69 Å². The van der Waals surface area contributed by atoms with Crippen molar-refractivity contribution in [1.29, 1.82) is 0 Å². The van der Waals surface area contributed by atoms with E-state index >= 15 is 0 Å². The monoisotopic (exact) mass is 318 g/mol. The summed E-state index contributed by atoms with van der Waals surface area (Å²) in [4.78, 5) is 19.5. The van der Waals surface area contributed by atoms with Gasteiger partial charge in [0.2, 0.25) is 0 Å². The van der Waals surface area contributed by atoms with E-state index in [2.05, 4.69) is 27.2 Å². The van der Waals surface area contributed by atoms with Gasteiger partial charge in [0.25, 0.3) is 5.91 Å². The fourth-order valence-corrected chi connectivity index (χ4v) is 2.30. The van der Waals surface area contributed by atoms with Gasteiger partial charge in [0.15, 0.2) is 0 Å². The van der Waals surface area contributed by atoms with Crippen LogP contribution in [0.5, 0.6) is 0 Å². The Morgan fingerprint density at radius 1 is 1.08 bits per heavy atom. The third-order valence-electron chi connectivity index (χ3n) is 3.72. The molecule has 0 saturated carbocycles. The summed E-state index contributed by atoms with van der Waals surface area (Å²) in [7, 11) is 1.79. The first-order valence-corrected chi connectivity index (χ1v) is 7.55. The maximum absolute atomic E-state index is 12.3. The molecule has 0 aliphatic heterocycles. The van der Waals surface area contributed by atoms with E-state index in [4.69, 9.17) is 0 Å². The van der Waals surface area contributed by atoms with Crippen LogP contribution < -0.4 is 10.6 Å². The highest BCUT2D eigenvalue weighted by Crippen LogP contribution is 2.21. The van der Waals surface area contributed by atoms with Crippen molar-refractivity contribution in [1.82, 2.24) is 15.3 Å². The molecule has 3 rings (SSSR count). The number of benzene rings is 1. The first kappa shape index (κ1) is 15.6. The van der Waals surface area contributed by atoms with Crippen molar-refractivity contribution in [2.75, 3.05) is 12.4 Å². The van der Waals surface area contributed by atoms with Crippen molar-refractivity contribution < 1.29 is 4.79 Å². The van der Waals surface area contributed by atoms with Crippen LogP contribution in [0.4, 0.5) is 5.69 Å². The quantitative estimate of drug-likeness (QED) is 0.674. The van der Waals surface area contributed by atoms with Gasteiger partial charge in [-0.25, -0.2) is 0 Å². The maximum atomic E-state index is 12.3. The van der Waals surface area contributed by atoms with E-state index in [1.807, 2.05) is 48.8 Å². The maximum Gasteiger partial charge on any atom is 0.274 e. The number of amides is 1. The molecule has 0 bridgehead atoms. The molecule has 1 aromatic carbocycles. The number of H-pyrrole nitrogens is 1. The van der Waals surface area contributed by atoms with Gasteiger partial charge < -0.3 is 15.6 Å². The summed E-state index contributed by atoms with van der Waals surface area (Å²) in [5.74, 6) is -0.244. The Balaban J connectivity index is 1.69. The SMILES string of the molecule is C=C(NC)c1ccc(C(=O)Nc2ccc(-c3cc[nH]c3)cc2)nc1. The largest absolute Gasteiger partial charge is 0.388 e. The molecule has 3 aromatic rings. The van der Waals surface area contributed by atoms with Crippen molar-refractivity contribution in [3.63, 3.8) is 0 Å². The molecule has 5 nitrogen and oxygen atoms in total. The first-order valence-electron chi connectivity index (χ1n) is 7.55. The van der Waals surface area contributed by atoms with Crippen LogP contribution in [0.3, 0.4) is 0 Å². The molecule has 5 heteroatoms. The molecule has 0 aliphatic rings. The van der Waals surface area contributed by atoms with Crippen LogP contribution in [0.1, 0.15) is 16.1 Å². The third-order valence-corrected chi connectivity index (χ3v) is 3.72. The van der Waals surface area contributed by atoms with Crippen molar-refractivity contribution in [3.05, 3.63) is 78.9 Å². The number of nitrogens with zero attached hydrogens (tertiary/aromatic N) is 1. The third kappa shape index (κ3) is 3.35. The number of carbonyl (C=O) groups is 1. The van der Waals surface area contributed by atoms with Gasteiger partial charge in [-0.15, -0.1) is 0 Å². The minimum Gasteiger partial charge on any atom is -0.388 e. The van der Waals surface area contributed by atoms with E-state index in [0.29, 0.717) is 5.69 Å². The summed E-state index contributed by atoms with van der Waals surface area (Å²) in [6, 6.07) is 13.2. The second-order valence-electron chi connectivity index (χ2n) is 5.29. The highest BCUT2D eigenvalue weighted by Gasteiger charge is 2.08. The van der Waals surface area contributed by atoms with Gasteiger partial charge in [-0.1, -0.05) is 18.7 Å². The topological polar surface area (TPSA) is 69.8 Å². The van der Waals surface area contributed by atoms with Gasteiger partial charge >= 0.3 is 0 Å². The Morgan fingerprint density at radius 3 is 2.46 bits per heavy atom. The van der Waals surface area contributed by atoms with Crippen LogP contribution in [0.25, 0.3) is 16.8 Å². The number of rotatable bonds is 5. The Bertz CT molecular complexity index is 834. The van der Waals surface area contributed by atoms with Gasteiger partial charge in [0, 0.05) is 42.6 Å². The number of hydrogen-bond donors (Lipinski definition) is 3. The molecule has 3 N–H and O–H groups in total. The van der Waals surface area contributed by atoms with Gasteiger partial charge in [-0.05, 0) is 41.5 Å². The second-order valence-corrected chi connectivity index (χ2v) is 5.29. The zero-order chi connectivity index (χ0) is 16.9. The Morgan fingerprint density at radius 2 is 1.88 bits per heavy atom. The van der Waals surface area contributed by atoms with E-state index < -0.39 is 0 Å². The molecular weight excluding hydrogens is 300 g/mol. The normalized spacial score (nSPS) is 10.2. The first-order chi connectivity index (χ1) is 11.7. The molecule has 2 heterocycles. The van der Waals surface area contributed by atoms with Gasteiger partial charge in [0.05, 0.1) is 0 Å². The number of pyridine rings is 1. The zero-order valence-electron chi connectivity index (χ0n) is 13.3. The Labute approximate surface area is 140 Å². The summed E-state index contributed by atoms with van der Waals surface area (Å²) >= 11 is 0. The number of nitrogens with one attached hydrogen (secondary N) is 3. The van der Waals surface area contributed by atoms with Gasteiger partial charge in [-0.3, -0.25) is 9.78 Å². The average Bonchev–Trinajstić information content (AvgIpc) is 3.16. The summed E-state index contributed by atoms with van der Waals surface area (Å²) in [5.41, 5.74) is 4.89. The number of aromatic amines is 1. The summed E-state index contributed by atoms with van der Waals surface area (Å²) in [6.45, 7) is 3.86. The number of carbonyl (C=O) groups excluding carboxylic acids is 1. The van der Waals surface area contributed by atoms with Crippen molar-refractivity contribution in [3.8, 4) is 11.1 Å². The second kappa shape index (κ2) is 6.83. The lowest BCUT2D eigenvalue weighted by molar-refractivity contribution is 0.102. The molecule has 0 aliphatic carbocycles. The molecule has 0 fully saturated rings. The summed E-state index contributed by atoms with van der Waals surface area (Å²) in [6.07, 6.45) is 5.43. The predicted octanol–water partition coefficient (Wildman–Crippen LogP) is 3.52. The predicted molar refractivity (Wildman–Crippen MR) is 96.5 cm³/mol. The number of hydrogen-bond acceptors (Lipinski definition) is 3. The fourth-order valence-electron chi connectivity index (χ4n) is 2.30. The lowest BCUT2D eigenvalue weighted by atomic mass is 10.1. The van der Waals surface area contributed by atoms with Crippen molar-refractivity contribution >= 4 is 17.3 Å². The Kier molecular flexibility index (Phi) is 4.43. The van der Waals surface area contributed by atoms with Crippen LogP contribution in [0.15, 0.2) is 67.6 Å². The molecule has 0 spiro atoms. The molecule has 0 atom stereocenters. The van der Waals surface area contributed by atoms with Crippen LogP contribution in [-0.4, -0.2) is 22.9 Å². The van der Waals surface area contributed by atoms with Crippen LogP contribution in [0, 0.1) is 0 Å². The minimum atomic E-state index is -0.244. The highest BCUT2D eigenvalue weighted by molar-refractivity contribution is 6.03. The highest BCUT2D eigenvalue weighted by atomic mass is 16.1. The standard InChI is InChI=1S/C19H18N4O/c1-13(20-2)15-5-8-18(22-12-15)19(24)23-17-6-3-14(4-7-17)16-9-10-21-11-16/h3-12,20-21H,1H2,2H3,(H,23,24). The molecule has 0 radical (unpaired) electrons. The van der Waals surface area contributed by atoms with E-state index in [1.165, 1.54) is 0 Å². The zero-order valence-corrected chi connectivity index (χ0v) is 13.3. The van der Waals surface area contributed by atoms with Crippen LogP contribution >= 0.6 is 0 Å². The number of anilines is 1. The fraction of sp³-hybridized carbons (Fsp3) is 0.0526. The van der Waals surface area contributed by atoms with E-state index in [9.17, 15) is 4.79 Å². The molecule has 120 valence electrons. The van der Waals surface area contributed by atoms with Crippen molar-refractivity contribution in [2.45, 2.75) is 0 Å².